The van der Waals surface area contributed by atoms with Gasteiger partial charge in [-0.1, -0.05) is 122 Å². The molecule has 4 aromatic rings. The van der Waals surface area contributed by atoms with Crippen LogP contribution in [0.3, 0.4) is 0 Å². The number of aryl methyl sites for hydroxylation is 3. The van der Waals surface area contributed by atoms with Crippen LogP contribution in [-0.4, -0.2) is 0 Å². The Morgan fingerprint density at radius 1 is 0.471 bits per heavy atom. The van der Waals surface area contributed by atoms with E-state index in [2.05, 4.69) is 84.6 Å². The van der Waals surface area contributed by atoms with Crippen LogP contribution in [0.25, 0.3) is 27.1 Å². The average Bonchev–Trinajstić information content (AvgIpc) is 2.89. The number of rotatable bonds is 10. The summed E-state index contributed by atoms with van der Waals surface area (Å²) < 4.78 is 0. The summed E-state index contributed by atoms with van der Waals surface area (Å²) in [4.78, 5) is 3.46. The molecule has 0 heterocycles. The molecular formula is C33H33N. The van der Waals surface area contributed by atoms with Crippen molar-refractivity contribution in [1.82, 2.24) is 0 Å². The van der Waals surface area contributed by atoms with Crippen molar-refractivity contribution in [2.45, 2.75) is 51.9 Å². The van der Waals surface area contributed by atoms with Crippen LogP contribution in [0.15, 0.2) is 97.1 Å². The molecule has 0 atom stereocenters. The maximum absolute atomic E-state index is 7.07. The SMILES string of the molecule is [C-]#[N+]c1ccc(-c2ccc(CCCCCCCc3ccc(-c4ccc(C)cc4)cc3)cc2)cc1. The van der Waals surface area contributed by atoms with Crippen molar-refractivity contribution in [3.8, 4) is 22.3 Å². The number of unbranched alkanes of at least 4 members (excludes halogenated alkanes) is 4. The van der Waals surface area contributed by atoms with Gasteiger partial charge in [0.25, 0.3) is 0 Å². The molecular weight excluding hydrogens is 410 g/mol. The van der Waals surface area contributed by atoms with Crippen LogP contribution in [0.4, 0.5) is 5.69 Å². The Hall–Kier alpha value is -3.63. The van der Waals surface area contributed by atoms with E-state index in [0.717, 1.165) is 6.42 Å². The largest absolute Gasteiger partial charge is 0.238 e. The predicted molar refractivity (Wildman–Crippen MR) is 145 cm³/mol. The number of hydrogen-bond donors (Lipinski definition) is 0. The van der Waals surface area contributed by atoms with Crippen LogP contribution in [0.1, 0.15) is 48.8 Å². The lowest BCUT2D eigenvalue weighted by atomic mass is 9.99. The van der Waals surface area contributed by atoms with Crippen LogP contribution in [-0.2, 0) is 12.8 Å². The second kappa shape index (κ2) is 12.0. The maximum Gasteiger partial charge on any atom is 0.187 e. The standard InChI is InChI=1S/C33H33N/c1-26-10-16-29(17-11-26)30-18-12-27(13-19-30)8-6-4-3-5-7-9-28-14-20-31(21-15-28)32-22-24-33(34-2)25-23-32/h10-25H,3-9H2,1H3. The number of benzene rings is 4. The Morgan fingerprint density at radius 3 is 1.24 bits per heavy atom. The van der Waals surface area contributed by atoms with Gasteiger partial charge in [-0.15, -0.1) is 0 Å². The number of hydrogen-bond acceptors (Lipinski definition) is 0. The second-order valence-corrected chi connectivity index (χ2v) is 9.19. The van der Waals surface area contributed by atoms with Gasteiger partial charge >= 0.3 is 0 Å². The molecule has 0 bridgehead atoms. The van der Waals surface area contributed by atoms with Gasteiger partial charge in [0, 0.05) is 0 Å². The minimum Gasteiger partial charge on any atom is -0.238 e. The van der Waals surface area contributed by atoms with Crippen LogP contribution < -0.4 is 0 Å². The molecule has 4 rings (SSSR count). The first-order valence-corrected chi connectivity index (χ1v) is 12.4. The summed E-state index contributed by atoms with van der Waals surface area (Å²) in [6.07, 6.45) is 8.76. The normalized spacial score (nSPS) is 10.7. The highest BCUT2D eigenvalue weighted by molar-refractivity contribution is 5.66. The predicted octanol–water partition coefficient (Wildman–Crippen LogP) is 9.62. The fourth-order valence-corrected chi connectivity index (χ4v) is 4.39. The molecule has 1 heteroatoms. The van der Waals surface area contributed by atoms with E-state index >= 15 is 0 Å². The highest BCUT2D eigenvalue weighted by atomic mass is 14.6. The van der Waals surface area contributed by atoms with Crippen LogP contribution in [0.2, 0.25) is 0 Å². The molecule has 0 saturated carbocycles. The van der Waals surface area contributed by atoms with Gasteiger partial charge in [-0.25, -0.2) is 4.85 Å². The van der Waals surface area contributed by atoms with Crippen molar-refractivity contribution in [1.29, 1.82) is 0 Å². The molecule has 0 saturated heterocycles. The van der Waals surface area contributed by atoms with E-state index in [9.17, 15) is 0 Å². The summed E-state index contributed by atoms with van der Waals surface area (Å²) in [5.74, 6) is 0. The van der Waals surface area contributed by atoms with E-state index < -0.39 is 0 Å². The summed E-state index contributed by atoms with van der Waals surface area (Å²) in [6, 6.07) is 34.6. The van der Waals surface area contributed by atoms with Crippen molar-refractivity contribution in [2.75, 3.05) is 0 Å². The lowest BCUT2D eigenvalue weighted by Crippen LogP contribution is -1.89. The van der Waals surface area contributed by atoms with E-state index in [4.69, 9.17) is 6.57 Å². The minimum atomic E-state index is 0.691. The monoisotopic (exact) mass is 443 g/mol. The smallest absolute Gasteiger partial charge is 0.187 e. The van der Waals surface area contributed by atoms with Gasteiger partial charge in [0.05, 0.1) is 6.57 Å². The van der Waals surface area contributed by atoms with Gasteiger partial charge in [0.1, 0.15) is 0 Å². The van der Waals surface area contributed by atoms with E-state index in [-0.39, 0.29) is 0 Å². The van der Waals surface area contributed by atoms with Gasteiger partial charge < -0.3 is 0 Å². The van der Waals surface area contributed by atoms with Crippen molar-refractivity contribution in [2.24, 2.45) is 0 Å². The Balaban J connectivity index is 1.12. The molecule has 4 aromatic carbocycles. The quantitative estimate of drug-likeness (QED) is 0.170. The average molecular weight is 444 g/mol. The maximum atomic E-state index is 7.07. The van der Waals surface area contributed by atoms with Crippen molar-refractivity contribution in [3.63, 3.8) is 0 Å². The molecule has 0 N–H and O–H groups in total. The molecule has 0 spiro atoms. The van der Waals surface area contributed by atoms with Gasteiger partial charge in [-0.3, -0.25) is 0 Å². The van der Waals surface area contributed by atoms with Crippen LogP contribution >= 0.6 is 0 Å². The Bertz CT molecular complexity index is 1190. The third-order valence-corrected chi connectivity index (χ3v) is 6.55. The van der Waals surface area contributed by atoms with E-state index in [1.807, 2.05) is 24.3 Å². The van der Waals surface area contributed by atoms with E-state index in [0.29, 0.717) is 5.69 Å². The molecule has 0 aromatic heterocycles. The zero-order chi connectivity index (χ0) is 23.6. The summed E-state index contributed by atoms with van der Waals surface area (Å²) in [6.45, 7) is 9.20. The van der Waals surface area contributed by atoms with E-state index in [1.165, 1.54) is 77.5 Å². The molecule has 170 valence electrons. The molecule has 0 aliphatic carbocycles. The zero-order valence-corrected chi connectivity index (χ0v) is 20.1. The third kappa shape index (κ3) is 6.69. The van der Waals surface area contributed by atoms with Gasteiger partial charge in [-0.05, 0) is 66.0 Å². The van der Waals surface area contributed by atoms with Crippen molar-refractivity contribution in [3.05, 3.63) is 125 Å². The summed E-state index contributed by atoms with van der Waals surface area (Å²) in [7, 11) is 0. The second-order valence-electron chi connectivity index (χ2n) is 9.19. The van der Waals surface area contributed by atoms with Gasteiger partial charge in [0.2, 0.25) is 0 Å². The first-order chi connectivity index (χ1) is 16.7. The fraction of sp³-hybridized carbons (Fsp3) is 0.242. The summed E-state index contributed by atoms with van der Waals surface area (Å²) in [5, 5.41) is 0. The molecule has 0 amide bonds. The first-order valence-electron chi connectivity index (χ1n) is 12.4. The Labute approximate surface area is 204 Å². The Morgan fingerprint density at radius 2 is 0.824 bits per heavy atom. The molecule has 0 unspecified atom stereocenters. The lowest BCUT2D eigenvalue weighted by Gasteiger charge is -2.06. The van der Waals surface area contributed by atoms with Crippen molar-refractivity contribution < 1.29 is 0 Å². The topological polar surface area (TPSA) is 4.36 Å². The van der Waals surface area contributed by atoms with Gasteiger partial charge in [-0.2, -0.15) is 0 Å². The fourth-order valence-electron chi connectivity index (χ4n) is 4.39. The molecule has 0 aliphatic rings. The summed E-state index contributed by atoms with van der Waals surface area (Å²) in [5.41, 5.74) is 9.83. The number of nitrogens with zero attached hydrogens (tertiary/aromatic N) is 1. The van der Waals surface area contributed by atoms with Crippen LogP contribution in [0, 0.1) is 13.5 Å². The molecule has 1 nitrogen and oxygen atoms in total. The highest BCUT2D eigenvalue weighted by Gasteiger charge is 2.01. The lowest BCUT2D eigenvalue weighted by molar-refractivity contribution is 0.613. The first kappa shape index (κ1) is 23.5. The Kier molecular flexibility index (Phi) is 8.31. The highest BCUT2D eigenvalue weighted by Crippen LogP contribution is 2.24. The zero-order valence-electron chi connectivity index (χ0n) is 20.1. The molecule has 0 fully saturated rings. The molecule has 0 aliphatic heterocycles. The molecule has 34 heavy (non-hydrogen) atoms. The van der Waals surface area contributed by atoms with Gasteiger partial charge in [0.15, 0.2) is 5.69 Å². The van der Waals surface area contributed by atoms with E-state index in [1.54, 1.807) is 0 Å². The third-order valence-electron chi connectivity index (χ3n) is 6.55. The summed E-state index contributed by atoms with van der Waals surface area (Å²) >= 11 is 0. The van der Waals surface area contributed by atoms with Crippen LogP contribution in [0.5, 0.6) is 0 Å². The van der Waals surface area contributed by atoms with Crippen molar-refractivity contribution >= 4 is 5.69 Å². The minimum absolute atomic E-state index is 0.691. The molecule has 0 radical (unpaired) electrons.